The number of anilines is 1. The molecular weight excluding hydrogens is 614 g/mol. The van der Waals surface area contributed by atoms with Gasteiger partial charge in [-0.05, 0) is 42.5 Å². The zero-order valence-corrected chi connectivity index (χ0v) is 24.6. The average molecular weight is 642 g/mol. The minimum absolute atomic E-state index is 0.0234. The van der Waals surface area contributed by atoms with Gasteiger partial charge in [-0.25, -0.2) is 8.42 Å². The van der Waals surface area contributed by atoms with Gasteiger partial charge in [-0.3, -0.25) is 9.11 Å². The molecule has 42 heavy (non-hydrogen) atoms. The van der Waals surface area contributed by atoms with E-state index in [2.05, 4.69) is 20.5 Å². The maximum Gasteiger partial charge on any atom is 0.296 e. The van der Waals surface area contributed by atoms with Crippen LogP contribution in [-0.4, -0.2) is 56.9 Å². The van der Waals surface area contributed by atoms with Gasteiger partial charge in [-0.2, -0.15) is 31.4 Å². The normalized spacial score (nSPS) is 13.0. The number of nitrogens with zero attached hydrogens (tertiary/aromatic N) is 5. The van der Waals surface area contributed by atoms with Crippen LogP contribution in [0, 0.1) is 0 Å². The zero-order valence-electron chi connectivity index (χ0n) is 22.1. The van der Waals surface area contributed by atoms with Gasteiger partial charge in [-0.1, -0.05) is 19.9 Å². The predicted octanol–water partition coefficient (Wildman–Crippen LogP) is 3.79. The fourth-order valence-corrected chi connectivity index (χ4v) is 6.32. The summed E-state index contributed by atoms with van der Waals surface area (Å²) >= 11 is 0. The third-order valence-electron chi connectivity index (χ3n) is 5.80. The van der Waals surface area contributed by atoms with Gasteiger partial charge < -0.3 is 16.6 Å². The van der Waals surface area contributed by atoms with Crippen LogP contribution in [0.2, 0.25) is 0 Å². The third-order valence-corrected chi connectivity index (χ3v) is 9.59. The van der Waals surface area contributed by atoms with E-state index in [-0.39, 0.29) is 52.8 Å². The summed E-state index contributed by atoms with van der Waals surface area (Å²) in [6, 6.07) is 8.89. The minimum Gasteiger partial charge on any atom is -0.506 e. The lowest BCUT2D eigenvalue weighted by Crippen LogP contribution is -2.30. The van der Waals surface area contributed by atoms with Crippen LogP contribution in [0.15, 0.2) is 83.7 Å². The molecule has 3 aromatic carbocycles. The van der Waals surface area contributed by atoms with E-state index in [9.17, 15) is 39.5 Å². The first kappa shape index (κ1) is 32.7. The van der Waals surface area contributed by atoms with Crippen molar-refractivity contribution in [1.82, 2.24) is 4.31 Å². The molecule has 0 atom stereocenters. The molecule has 0 spiro atoms. The van der Waals surface area contributed by atoms with Gasteiger partial charge >= 0.3 is 0 Å². The second-order valence-electron chi connectivity index (χ2n) is 8.43. The number of benzene rings is 3. The molecule has 0 bridgehead atoms. The quantitative estimate of drug-likeness (QED) is 0.114. The minimum atomic E-state index is -4.96. The highest BCUT2D eigenvalue weighted by Gasteiger charge is 2.25. The van der Waals surface area contributed by atoms with E-state index in [1.54, 1.807) is 13.8 Å². The van der Waals surface area contributed by atoms with Crippen molar-refractivity contribution in [3.63, 3.8) is 0 Å². The van der Waals surface area contributed by atoms with Gasteiger partial charge in [0.15, 0.2) is 0 Å². The highest BCUT2D eigenvalue weighted by atomic mass is 32.2. The average Bonchev–Trinajstić information content (AvgIpc) is 2.91. The van der Waals surface area contributed by atoms with Crippen molar-refractivity contribution in [2.45, 2.75) is 35.1 Å². The molecule has 0 aromatic heterocycles. The molecule has 0 fully saturated rings. The van der Waals surface area contributed by atoms with Gasteiger partial charge in [0.1, 0.15) is 22.0 Å². The number of nitrogens with two attached hydrogens (primary N) is 2. The van der Waals surface area contributed by atoms with Crippen LogP contribution in [0.4, 0.5) is 28.4 Å². The standard InChI is InChI=1S/C23H27N7O9S3/c1-3-30(4-2)40(32,33)15-8-9-20(31)19(11-15)28-29-23-17(13-24)18(12-21(22(23)25)42(37,38)39)27-26-14-6-5-7-16(10-14)41(34,35)36/h5-12,31H,3-4,13,24-25H2,1-2H3,(H,34,35,36)(H,37,38,39)/b27-26+,29-28+. The molecule has 0 saturated carbocycles. The highest BCUT2D eigenvalue weighted by Crippen LogP contribution is 2.42. The maximum atomic E-state index is 12.9. The number of hydrogen-bond acceptors (Lipinski definition) is 13. The highest BCUT2D eigenvalue weighted by molar-refractivity contribution is 7.89. The first-order valence-electron chi connectivity index (χ1n) is 11.9. The number of azo groups is 2. The first-order chi connectivity index (χ1) is 19.5. The van der Waals surface area contributed by atoms with E-state index in [1.807, 2.05) is 0 Å². The predicted molar refractivity (Wildman–Crippen MR) is 151 cm³/mol. The molecule has 7 N–H and O–H groups in total. The molecule has 0 aliphatic carbocycles. The molecular formula is C23H27N7O9S3. The topological polar surface area (TPSA) is 268 Å². The van der Waals surface area contributed by atoms with E-state index in [0.29, 0.717) is 0 Å². The largest absolute Gasteiger partial charge is 0.506 e. The molecule has 0 amide bonds. The number of phenolic OH excluding ortho intramolecular Hbond substituents is 1. The lowest BCUT2D eigenvalue weighted by atomic mass is 10.1. The summed E-state index contributed by atoms with van der Waals surface area (Å²) < 4.78 is 93.1. The molecule has 0 radical (unpaired) electrons. The Balaban J connectivity index is 2.20. The smallest absolute Gasteiger partial charge is 0.296 e. The lowest BCUT2D eigenvalue weighted by Gasteiger charge is -2.18. The summed E-state index contributed by atoms with van der Waals surface area (Å²) in [5, 5.41) is 25.8. The van der Waals surface area contributed by atoms with Gasteiger partial charge in [-0.15, -0.1) is 10.2 Å². The van der Waals surface area contributed by atoms with E-state index < -0.39 is 51.5 Å². The summed E-state index contributed by atoms with van der Waals surface area (Å²) in [7, 11) is -13.5. The fourth-order valence-electron chi connectivity index (χ4n) is 3.69. The Kier molecular flexibility index (Phi) is 9.77. The molecule has 19 heteroatoms. The van der Waals surface area contributed by atoms with E-state index in [4.69, 9.17) is 11.5 Å². The molecule has 0 aliphatic heterocycles. The number of nitrogen functional groups attached to an aromatic ring is 1. The fraction of sp³-hybridized carbons (Fsp3) is 0.217. The van der Waals surface area contributed by atoms with Crippen molar-refractivity contribution in [3.8, 4) is 5.75 Å². The number of rotatable bonds is 11. The van der Waals surface area contributed by atoms with Gasteiger partial charge in [0.25, 0.3) is 20.2 Å². The van der Waals surface area contributed by atoms with Crippen molar-refractivity contribution in [2.24, 2.45) is 26.2 Å². The van der Waals surface area contributed by atoms with Crippen molar-refractivity contribution in [3.05, 3.63) is 54.1 Å². The summed E-state index contributed by atoms with van der Waals surface area (Å²) in [5.41, 5.74) is 10.2. The summed E-state index contributed by atoms with van der Waals surface area (Å²) in [5.74, 6) is -0.463. The molecule has 3 aromatic rings. The van der Waals surface area contributed by atoms with E-state index >= 15 is 0 Å². The Morgan fingerprint density at radius 2 is 1.43 bits per heavy atom. The van der Waals surface area contributed by atoms with Gasteiger partial charge in [0, 0.05) is 25.2 Å². The SMILES string of the molecule is CCN(CC)S(=O)(=O)c1ccc(O)c(/N=N/c2c(N)c(S(=O)(=O)O)cc(/N=N/c3cccc(S(=O)(=O)O)c3)c2CN)c1. The van der Waals surface area contributed by atoms with Crippen LogP contribution < -0.4 is 11.5 Å². The zero-order chi connectivity index (χ0) is 31.5. The summed E-state index contributed by atoms with van der Waals surface area (Å²) in [6.45, 7) is 3.31. The second kappa shape index (κ2) is 12.6. The lowest BCUT2D eigenvalue weighted by molar-refractivity contribution is 0.444. The van der Waals surface area contributed by atoms with E-state index in [0.717, 1.165) is 30.3 Å². The van der Waals surface area contributed by atoms with Crippen LogP contribution in [0.1, 0.15) is 19.4 Å². The Morgan fingerprint density at radius 1 is 0.786 bits per heavy atom. The Labute approximate surface area is 242 Å². The van der Waals surface area contributed by atoms with Crippen LogP contribution in [0.5, 0.6) is 5.75 Å². The number of hydrogen-bond donors (Lipinski definition) is 5. The van der Waals surface area contributed by atoms with Crippen LogP contribution in [-0.2, 0) is 36.8 Å². The maximum absolute atomic E-state index is 12.9. The Hall–Kier alpha value is -3.85. The first-order valence-corrected chi connectivity index (χ1v) is 16.2. The van der Waals surface area contributed by atoms with Gasteiger partial charge in [0.05, 0.1) is 26.9 Å². The van der Waals surface area contributed by atoms with Crippen LogP contribution in [0.25, 0.3) is 0 Å². The molecule has 0 heterocycles. The van der Waals surface area contributed by atoms with Crippen molar-refractivity contribution in [1.29, 1.82) is 0 Å². The summed E-state index contributed by atoms with van der Waals surface area (Å²) in [6.07, 6.45) is 0. The molecule has 0 unspecified atom stereocenters. The van der Waals surface area contributed by atoms with Crippen molar-refractivity contribution in [2.75, 3.05) is 18.8 Å². The summed E-state index contributed by atoms with van der Waals surface area (Å²) in [4.78, 5) is -1.51. The van der Waals surface area contributed by atoms with Crippen LogP contribution in [0.3, 0.4) is 0 Å². The molecule has 0 saturated heterocycles. The molecule has 3 rings (SSSR count). The van der Waals surface area contributed by atoms with Crippen LogP contribution >= 0.6 is 0 Å². The molecule has 16 nitrogen and oxygen atoms in total. The number of aromatic hydroxyl groups is 1. The van der Waals surface area contributed by atoms with Gasteiger partial charge in [0.2, 0.25) is 10.0 Å². The monoisotopic (exact) mass is 641 g/mol. The number of phenols is 1. The number of sulfonamides is 1. The van der Waals surface area contributed by atoms with Crippen molar-refractivity contribution < 1.29 is 39.5 Å². The third kappa shape index (κ3) is 7.13. The van der Waals surface area contributed by atoms with E-state index in [1.165, 1.54) is 22.5 Å². The van der Waals surface area contributed by atoms with Crippen molar-refractivity contribution >= 4 is 58.7 Å². The Bertz CT molecular complexity index is 1890. The molecule has 0 aliphatic rings. The Morgan fingerprint density at radius 3 is 2.00 bits per heavy atom. The second-order valence-corrected chi connectivity index (χ2v) is 13.2. The molecule has 226 valence electrons.